The monoisotopic (exact) mass is 502 g/mol. The molecule has 188 valence electrons. The highest BCUT2D eigenvalue weighted by atomic mass is 19.3. The van der Waals surface area contributed by atoms with Gasteiger partial charge in [0.25, 0.3) is 12.3 Å². The summed E-state index contributed by atoms with van der Waals surface area (Å²) in [6.45, 7) is 3.16. The van der Waals surface area contributed by atoms with Crippen molar-refractivity contribution in [3.8, 4) is 11.4 Å². The first-order valence-electron chi connectivity index (χ1n) is 10.2. The minimum atomic E-state index is -3.33. The molecule has 3 aromatic rings. The maximum absolute atomic E-state index is 15.1. The fourth-order valence-electron chi connectivity index (χ4n) is 3.32. The number of carbonyl (C=O) groups is 1. The van der Waals surface area contributed by atoms with Gasteiger partial charge in [-0.25, -0.2) is 31.1 Å². The van der Waals surface area contributed by atoms with E-state index in [-0.39, 0.29) is 11.9 Å². The van der Waals surface area contributed by atoms with Crippen LogP contribution in [0.5, 0.6) is 5.75 Å². The maximum atomic E-state index is 15.1. The van der Waals surface area contributed by atoms with Crippen LogP contribution in [0.15, 0.2) is 35.1 Å². The van der Waals surface area contributed by atoms with E-state index >= 15 is 4.39 Å². The Hall–Kier alpha value is -3.77. The largest absolute Gasteiger partial charge is 0.481 e. The molecule has 0 aliphatic carbocycles. The Morgan fingerprint density at radius 2 is 1.74 bits per heavy atom. The molecule has 0 spiro atoms. The van der Waals surface area contributed by atoms with Crippen LogP contribution in [0.25, 0.3) is 5.69 Å². The second-order valence-electron chi connectivity index (χ2n) is 7.70. The SMILES string of the molecule is Cc1nn(-c2cc(O[C@@H](CF)C(F)F)c(C(=O)Nc3c(F)cccc3F)cc2F)c(=O)n1C(C)C. The normalized spacial score (nSPS) is 12.3. The number of rotatable bonds is 8. The topological polar surface area (TPSA) is 78.2 Å². The number of carbonyl (C=O) groups excluding carboxylic acids is 1. The van der Waals surface area contributed by atoms with Crippen LogP contribution in [-0.4, -0.2) is 39.5 Å². The Morgan fingerprint density at radius 3 is 2.26 bits per heavy atom. The van der Waals surface area contributed by atoms with Gasteiger partial charge in [-0.2, -0.15) is 9.78 Å². The maximum Gasteiger partial charge on any atom is 0.351 e. The van der Waals surface area contributed by atoms with Gasteiger partial charge < -0.3 is 10.1 Å². The lowest BCUT2D eigenvalue weighted by molar-refractivity contribution is -0.00159. The molecule has 0 aliphatic heterocycles. The Labute approximate surface area is 194 Å². The molecule has 2 aromatic carbocycles. The number of hydrogen-bond donors (Lipinski definition) is 1. The van der Waals surface area contributed by atoms with Crippen LogP contribution in [-0.2, 0) is 0 Å². The van der Waals surface area contributed by atoms with Crippen molar-refractivity contribution in [2.75, 3.05) is 12.0 Å². The molecular weight excluding hydrogens is 482 g/mol. The first kappa shape index (κ1) is 25.8. The number of anilines is 1. The van der Waals surface area contributed by atoms with E-state index in [9.17, 15) is 31.5 Å². The van der Waals surface area contributed by atoms with Crippen molar-refractivity contribution in [3.63, 3.8) is 0 Å². The fraction of sp³-hybridized carbons (Fsp3) is 0.318. The molecule has 1 atom stereocenters. The van der Waals surface area contributed by atoms with Crippen LogP contribution in [0.4, 0.5) is 32.0 Å². The summed E-state index contributed by atoms with van der Waals surface area (Å²) in [5, 5.41) is 5.83. The minimum absolute atomic E-state index is 0.206. The van der Waals surface area contributed by atoms with Crippen LogP contribution in [0, 0.1) is 24.4 Å². The number of nitrogens with zero attached hydrogens (tertiary/aromatic N) is 3. The Kier molecular flexibility index (Phi) is 7.56. The second-order valence-corrected chi connectivity index (χ2v) is 7.70. The van der Waals surface area contributed by atoms with Gasteiger partial charge in [0.15, 0.2) is 6.10 Å². The van der Waals surface area contributed by atoms with Crippen LogP contribution < -0.4 is 15.7 Å². The molecule has 0 aliphatic rings. The first-order valence-corrected chi connectivity index (χ1v) is 10.2. The number of halogens is 6. The predicted molar refractivity (Wildman–Crippen MR) is 114 cm³/mol. The number of amides is 1. The molecule has 0 unspecified atom stereocenters. The molecule has 0 fully saturated rings. The van der Waals surface area contributed by atoms with Crippen LogP contribution in [0.3, 0.4) is 0 Å². The molecule has 1 heterocycles. The molecular formula is C22H20F6N4O3. The van der Waals surface area contributed by atoms with Gasteiger partial charge in [-0.1, -0.05) is 6.07 Å². The smallest absolute Gasteiger partial charge is 0.351 e. The summed E-state index contributed by atoms with van der Waals surface area (Å²) in [7, 11) is 0. The van der Waals surface area contributed by atoms with Gasteiger partial charge in [-0.3, -0.25) is 9.36 Å². The van der Waals surface area contributed by atoms with Gasteiger partial charge >= 0.3 is 5.69 Å². The number of hydrogen-bond acceptors (Lipinski definition) is 4. The van der Waals surface area contributed by atoms with Crippen molar-refractivity contribution < 1.29 is 35.9 Å². The zero-order chi connectivity index (χ0) is 26.0. The lowest BCUT2D eigenvalue weighted by Gasteiger charge is -2.19. The Morgan fingerprint density at radius 1 is 1.11 bits per heavy atom. The van der Waals surface area contributed by atoms with E-state index in [2.05, 4.69) is 5.10 Å². The highest BCUT2D eigenvalue weighted by molar-refractivity contribution is 6.06. The summed E-state index contributed by atoms with van der Waals surface area (Å²) in [6.07, 6.45) is -5.68. The van der Waals surface area contributed by atoms with Crippen molar-refractivity contribution in [2.45, 2.75) is 39.3 Å². The molecule has 0 bridgehead atoms. The number of aromatic nitrogens is 3. The van der Waals surface area contributed by atoms with Gasteiger partial charge in [-0.05, 0) is 39.0 Å². The molecule has 13 heteroatoms. The summed E-state index contributed by atoms with van der Waals surface area (Å²) in [5.74, 6) is -5.42. The van der Waals surface area contributed by atoms with Gasteiger partial charge in [-0.15, -0.1) is 0 Å². The molecule has 0 saturated carbocycles. The zero-order valence-corrected chi connectivity index (χ0v) is 18.7. The van der Waals surface area contributed by atoms with E-state index in [1.807, 2.05) is 5.32 Å². The third kappa shape index (κ3) is 5.17. The van der Waals surface area contributed by atoms with E-state index in [0.717, 1.165) is 18.2 Å². The van der Waals surface area contributed by atoms with E-state index in [1.54, 1.807) is 13.8 Å². The predicted octanol–water partition coefficient (Wildman–Crippen LogP) is 4.57. The minimum Gasteiger partial charge on any atom is -0.481 e. The van der Waals surface area contributed by atoms with Gasteiger partial charge in [0.05, 0.1) is 5.56 Å². The van der Waals surface area contributed by atoms with E-state index in [1.165, 1.54) is 11.5 Å². The van der Waals surface area contributed by atoms with Crippen molar-refractivity contribution in [2.24, 2.45) is 0 Å². The highest BCUT2D eigenvalue weighted by Gasteiger charge is 2.28. The number of benzene rings is 2. The van der Waals surface area contributed by atoms with Crippen molar-refractivity contribution in [1.82, 2.24) is 14.3 Å². The standard InChI is InChI=1S/C22H20F6N4O3/c1-10(2)31-11(3)30-32(22(31)34)16-8-17(35-18(9-23)20(27)28)12(7-15(16)26)21(33)29-19-13(24)5-4-6-14(19)25/h4-8,10,18,20H,9H2,1-3H3,(H,29,33)/t18-/m0/s1. The third-order valence-corrected chi connectivity index (χ3v) is 4.93. The lowest BCUT2D eigenvalue weighted by atomic mass is 10.1. The molecule has 35 heavy (non-hydrogen) atoms. The summed E-state index contributed by atoms with van der Waals surface area (Å²) in [6, 6.07) is 3.59. The Balaban J connectivity index is 2.16. The number of para-hydroxylation sites is 1. The highest BCUT2D eigenvalue weighted by Crippen LogP contribution is 2.29. The molecule has 0 radical (unpaired) electrons. The summed E-state index contributed by atoms with van der Waals surface area (Å²) in [4.78, 5) is 25.5. The average molecular weight is 502 g/mol. The number of aryl methyl sites for hydroxylation is 1. The number of alkyl halides is 3. The molecule has 1 amide bonds. The molecule has 7 nitrogen and oxygen atoms in total. The zero-order valence-electron chi connectivity index (χ0n) is 18.7. The second kappa shape index (κ2) is 10.2. The van der Waals surface area contributed by atoms with Crippen molar-refractivity contribution in [3.05, 3.63) is 69.7 Å². The molecule has 1 N–H and O–H groups in total. The molecule has 1 aromatic heterocycles. The summed E-state index contributed by atoms with van der Waals surface area (Å²) >= 11 is 0. The first-order chi connectivity index (χ1) is 16.5. The van der Waals surface area contributed by atoms with Crippen LogP contribution >= 0.6 is 0 Å². The van der Waals surface area contributed by atoms with Crippen molar-refractivity contribution in [1.29, 1.82) is 0 Å². The number of nitrogens with one attached hydrogen (secondary N) is 1. The quantitative estimate of drug-likeness (QED) is 0.458. The summed E-state index contributed by atoms with van der Waals surface area (Å²) in [5.41, 5.74) is -3.01. The van der Waals surface area contributed by atoms with E-state index < -0.39 is 70.9 Å². The van der Waals surface area contributed by atoms with E-state index in [0.29, 0.717) is 16.8 Å². The van der Waals surface area contributed by atoms with Crippen LogP contribution in [0.1, 0.15) is 36.1 Å². The van der Waals surface area contributed by atoms with E-state index in [4.69, 9.17) is 4.74 Å². The van der Waals surface area contributed by atoms with Crippen LogP contribution in [0.2, 0.25) is 0 Å². The Bertz CT molecular complexity index is 1280. The molecule has 3 rings (SSSR count). The van der Waals surface area contributed by atoms with Gasteiger partial charge in [0.1, 0.15) is 47.1 Å². The van der Waals surface area contributed by atoms with Gasteiger partial charge in [0.2, 0.25) is 0 Å². The third-order valence-electron chi connectivity index (χ3n) is 4.93. The summed E-state index contributed by atoms with van der Waals surface area (Å²) < 4.78 is 89.2. The molecule has 0 saturated heterocycles. The average Bonchev–Trinajstić information content (AvgIpc) is 3.08. The van der Waals surface area contributed by atoms with Gasteiger partial charge in [0, 0.05) is 12.1 Å². The fourth-order valence-corrected chi connectivity index (χ4v) is 3.32. The number of ether oxygens (including phenoxy) is 1. The van der Waals surface area contributed by atoms with Crippen molar-refractivity contribution >= 4 is 11.6 Å². The lowest BCUT2D eigenvalue weighted by Crippen LogP contribution is -2.29.